The van der Waals surface area contributed by atoms with Crippen molar-refractivity contribution in [1.29, 1.82) is 0 Å². The van der Waals surface area contributed by atoms with E-state index in [1.54, 1.807) is 6.92 Å². The number of nitrogens with zero attached hydrogens (tertiary/aromatic N) is 3. The van der Waals surface area contributed by atoms with E-state index in [0.29, 0.717) is 69.4 Å². The molecule has 3 aliphatic rings. The number of Topliss-reactive ketones (excluding diaryl/α,β-unsaturated/α-hetero) is 2. The number of carbonyl (C=O) groups is 5. The number of aldehydes is 1. The number of nitrogens with one attached hydrogen (secondary N) is 3. The summed E-state index contributed by atoms with van der Waals surface area (Å²) in [5, 5.41) is 3.02. The molecule has 5 heterocycles. The van der Waals surface area contributed by atoms with Crippen molar-refractivity contribution in [2.45, 2.75) is 109 Å². The maximum Gasteiger partial charge on any atom is 0.321 e. The summed E-state index contributed by atoms with van der Waals surface area (Å²) in [5.41, 5.74) is 8.76. The Kier molecular flexibility index (Phi) is 11.0. The van der Waals surface area contributed by atoms with Gasteiger partial charge >= 0.3 is 5.97 Å². The van der Waals surface area contributed by atoms with Crippen LogP contribution < -0.4 is 5.32 Å². The molecular formula is C43H55N6O6+. The Morgan fingerprint density at radius 2 is 1.58 bits per heavy atom. The maximum atomic E-state index is 14.3. The van der Waals surface area contributed by atoms with Crippen LogP contribution in [0.4, 0.5) is 0 Å². The minimum atomic E-state index is -1.21. The van der Waals surface area contributed by atoms with Crippen LogP contribution in [0.2, 0.25) is 0 Å². The summed E-state index contributed by atoms with van der Waals surface area (Å²) < 4.78 is 5.76. The third-order valence-electron chi connectivity index (χ3n) is 12.3. The first-order chi connectivity index (χ1) is 26.0. The van der Waals surface area contributed by atoms with Crippen molar-refractivity contribution < 1.29 is 33.2 Å². The number of fused-ring (bicyclic) bond motifs is 8. The van der Waals surface area contributed by atoms with Crippen LogP contribution in [-0.2, 0) is 19.1 Å². The van der Waals surface area contributed by atoms with Crippen molar-refractivity contribution in [1.82, 2.24) is 25.3 Å². The monoisotopic (exact) mass is 751 g/mol. The van der Waals surface area contributed by atoms with E-state index in [-0.39, 0.29) is 53.6 Å². The Labute approximate surface area is 322 Å². The van der Waals surface area contributed by atoms with E-state index in [1.807, 2.05) is 60.1 Å². The lowest BCUT2D eigenvalue weighted by Crippen LogP contribution is -2.46. The van der Waals surface area contributed by atoms with Gasteiger partial charge in [0.2, 0.25) is 5.91 Å². The number of aromatic amines is 2. The van der Waals surface area contributed by atoms with E-state index in [1.165, 1.54) is 7.11 Å². The van der Waals surface area contributed by atoms with Gasteiger partial charge in [0, 0.05) is 87.9 Å². The molecule has 8 bridgehead atoms. The average molecular weight is 752 g/mol. The lowest BCUT2D eigenvalue weighted by Gasteiger charge is -2.30. The number of likely N-dealkylation sites (N-methyl/N-ethyl adjacent to an activating group) is 1. The first-order valence-electron chi connectivity index (χ1n) is 19.5. The highest BCUT2D eigenvalue weighted by molar-refractivity contribution is 6.23. The molecule has 292 valence electrons. The summed E-state index contributed by atoms with van der Waals surface area (Å²) in [5.74, 6) is -2.74. The number of aromatic nitrogens is 4. The van der Waals surface area contributed by atoms with Crippen molar-refractivity contribution in [2.24, 2.45) is 0 Å². The fourth-order valence-corrected chi connectivity index (χ4v) is 8.88. The molecule has 2 aliphatic heterocycles. The topological polar surface area (TPSA) is 164 Å². The molecule has 3 aromatic rings. The van der Waals surface area contributed by atoms with Gasteiger partial charge in [0.25, 0.3) is 0 Å². The second-order valence-corrected chi connectivity index (χ2v) is 16.5. The number of amides is 1. The largest absolute Gasteiger partial charge is 0.468 e. The third kappa shape index (κ3) is 7.16. The molecule has 6 atom stereocenters. The summed E-state index contributed by atoms with van der Waals surface area (Å²) in [4.78, 5) is 83.2. The number of carbonyl (C=O) groups excluding carboxylic acids is 5. The van der Waals surface area contributed by atoms with Gasteiger partial charge in [-0.05, 0) is 69.4 Å². The van der Waals surface area contributed by atoms with Crippen molar-refractivity contribution >= 4 is 51.8 Å². The van der Waals surface area contributed by atoms with E-state index in [2.05, 4.69) is 29.1 Å². The van der Waals surface area contributed by atoms with Crippen LogP contribution >= 0.6 is 0 Å². The van der Waals surface area contributed by atoms with Gasteiger partial charge in [-0.25, -0.2) is 0 Å². The van der Waals surface area contributed by atoms with Crippen molar-refractivity contribution in [3.63, 3.8) is 0 Å². The van der Waals surface area contributed by atoms with Crippen LogP contribution in [0.15, 0.2) is 18.2 Å². The summed E-state index contributed by atoms with van der Waals surface area (Å²) in [6.45, 7) is 12.1. The molecule has 0 fully saturated rings. The quantitative estimate of drug-likeness (QED) is 0.0459. The lowest BCUT2D eigenvalue weighted by atomic mass is 9.84. The highest BCUT2D eigenvalue weighted by Gasteiger charge is 2.45. The van der Waals surface area contributed by atoms with Gasteiger partial charge in [-0.2, -0.15) is 0 Å². The highest BCUT2D eigenvalue weighted by atomic mass is 16.5. The zero-order chi connectivity index (χ0) is 40.1. The van der Waals surface area contributed by atoms with E-state index < -0.39 is 11.9 Å². The number of rotatable bonds is 12. The van der Waals surface area contributed by atoms with Crippen LogP contribution in [0.3, 0.4) is 0 Å². The predicted molar refractivity (Wildman–Crippen MR) is 212 cm³/mol. The zero-order valence-electron chi connectivity index (χ0n) is 33.8. The molecule has 55 heavy (non-hydrogen) atoms. The minimum absolute atomic E-state index is 0.0639. The first-order valence-corrected chi connectivity index (χ1v) is 19.5. The number of hydrogen-bond donors (Lipinski definition) is 3. The number of aryl methyl sites for hydroxylation is 2. The molecule has 0 spiro atoms. The van der Waals surface area contributed by atoms with Crippen LogP contribution in [0.25, 0.3) is 22.1 Å². The number of H-pyrrole nitrogens is 2. The van der Waals surface area contributed by atoms with Gasteiger partial charge in [-0.1, -0.05) is 20.8 Å². The molecule has 6 rings (SSSR count). The lowest BCUT2D eigenvalue weighted by molar-refractivity contribution is -0.885. The van der Waals surface area contributed by atoms with Crippen LogP contribution in [0.5, 0.6) is 0 Å². The van der Waals surface area contributed by atoms with Crippen LogP contribution in [0, 0.1) is 13.8 Å². The molecule has 12 nitrogen and oxygen atoms in total. The molecule has 0 saturated carbocycles. The Morgan fingerprint density at radius 1 is 0.945 bits per heavy atom. The Bertz CT molecular complexity index is 2240. The summed E-state index contributed by atoms with van der Waals surface area (Å²) in [6.07, 6.45) is 3.74. The predicted octanol–water partition coefficient (Wildman–Crippen LogP) is 6.72. The van der Waals surface area contributed by atoms with Crippen molar-refractivity contribution in [3.05, 3.63) is 68.8 Å². The molecule has 0 aromatic carbocycles. The molecule has 0 radical (unpaired) electrons. The fourth-order valence-electron chi connectivity index (χ4n) is 8.88. The zero-order valence-corrected chi connectivity index (χ0v) is 33.8. The summed E-state index contributed by atoms with van der Waals surface area (Å²) in [6, 6.07) is 5.78. The smallest absolute Gasteiger partial charge is 0.321 e. The van der Waals surface area contributed by atoms with Gasteiger partial charge < -0.3 is 24.5 Å². The number of esters is 1. The van der Waals surface area contributed by atoms with Gasteiger partial charge in [-0.15, -0.1) is 0 Å². The normalized spacial score (nSPS) is 21.1. The average Bonchev–Trinajstić information content (AvgIpc) is 3.87. The van der Waals surface area contributed by atoms with E-state index in [0.717, 1.165) is 46.3 Å². The fraction of sp³-hybridized carbons (Fsp3) is 0.512. The van der Waals surface area contributed by atoms with Crippen LogP contribution in [0.1, 0.15) is 150 Å². The van der Waals surface area contributed by atoms with Crippen LogP contribution in [-0.4, -0.2) is 95.0 Å². The number of ketones is 2. The first kappa shape index (κ1) is 39.7. The van der Waals surface area contributed by atoms with Gasteiger partial charge in [0.1, 0.15) is 12.0 Å². The molecule has 12 heteroatoms. The second-order valence-electron chi connectivity index (χ2n) is 16.5. The van der Waals surface area contributed by atoms with Gasteiger partial charge in [0.05, 0.1) is 45.0 Å². The van der Waals surface area contributed by atoms with Gasteiger partial charge in [-0.3, -0.25) is 33.9 Å². The van der Waals surface area contributed by atoms with Crippen molar-refractivity contribution in [3.8, 4) is 0 Å². The molecule has 3 aromatic heterocycles. The highest BCUT2D eigenvalue weighted by Crippen LogP contribution is 2.48. The number of ether oxygens (including phenoxy) is 1. The number of quaternary nitrogens is 1. The SMILES string of the molecule is CC[C@H]1c2cc3[nH]c4c(c3C)C(=O)C(C(=O)OC)c4c3nc(cc4[nH]c(cc(n2)[C@@H]1C)c(C(C)=O)c4C)[C@@H](C)[C@@H]3CCC(=O)NCCC[C@@H](C=O)[N+](C)(C)C. The van der Waals surface area contributed by atoms with E-state index in [9.17, 15) is 24.0 Å². The Morgan fingerprint density at radius 3 is 2.22 bits per heavy atom. The standard InChI is InChI=1S/C43H54N6O6/c1-11-27-21(2)29-19-34-36(25(6)51)23(4)31(46-34)17-30-22(3)28(14-15-35(52)44-16-12-13-26(20-50)49(7,8)9)40(47-30)38-39(43(54)55-10)42(53)37-24(5)32(48-41(37)38)18-33(27)45-29/h17-22,26-28,39H,11-16H2,1-10H3,(H2-,44,45,46,47,48,51,52,53)/p+1/t21-,22+,26+,27-,28+,39?/m1/s1. The van der Waals surface area contributed by atoms with E-state index >= 15 is 0 Å². The number of hydrogen-bond acceptors (Lipinski definition) is 8. The third-order valence-corrected chi connectivity index (χ3v) is 12.3. The summed E-state index contributed by atoms with van der Waals surface area (Å²) in [7, 11) is 7.22. The molecule has 3 N–H and O–H groups in total. The second kappa shape index (κ2) is 15.3. The molecule has 1 amide bonds. The van der Waals surface area contributed by atoms with E-state index in [4.69, 9.17) is 14.7 Å². The molecular weight excluding hydrogens is 697 g/mol. The Hall–Kier alpha value is -4.97. The Balaban J connectivity index is 1.53. The number of methoxy groups -OCH3 is 1. The van der Waals surface area contributed by atoms with Crippen molar-refractivity contribution in [2.75, 3.05) is 34.8 Å². The minimum Gasteiger partial charge on any atom is -0.468 e. The molecule has 0 saturated heterocycles. The molecule has 1 aliphatic carbocycles. The molecule has 1 unspecified atom stereocenters. The summed E-state index contributed by atoms with van der Waals surface area (Å²) >= 11 is 0. The maximum absolute atomic E-state index is 14.3. The van der Waals surface area contributed by atoms with Gasteiger partial charge in [0.15, 0.2) is 17.9 Å².